The van der Waals surface area contributed by atoms with Crippen LogP contribution in [0.25, 0.3) is 11.0 Å². The number of benzene rings is 3. The summed E-state index contributed by atoms with van der Waals surface area (Å²) >= 11 is 0. The van der Waals surface area contributed by atoms with Crippen LogP contribution < -0.4 is 15.0 Å². The molecular weight excluding hydrogens is 402 g/mol. The van der Waals surface area contributed by atoms with Crippen LogP contribution in [0.1, 0.15) is 0 Å². The zero-order valence-corrected chi connectivity index (χ0v) is 16.6. The van der Waals surface area contributed by atoms with E-state index in [-0.39, 0.29) is 15.3 Å². The number of hydrogen-bond acceptors (Lipinski definition) is 6. The van der Waals surface area contributed by atoms with Crippen molar-refractivity contribution >= 4 is 26.5 Å². The summed E-state index contributed by atoms with van der Waals surface area (Å²) in [6, 6.07) is 22.3. The number of hydrogen-bond donors (Lipinski definition) is 0. The Hall–Kier alpha value is -3.58. The Kier molecular flexibility index (Phi) is 4.52. The molecule has 150 valence electrons. The second-order valence-electron chi connectivity index (χ2n) is 6.71. The van der Waals surface area contributed by atoms with E-state index < -0.39 is 9.84 Å². The molecule has 0 radical (unpaired) electrons. The van der Waals surface area contributed by atoms with Crippen LogP contribution in [0, 0.1) is 0 Å². The molecule has 0 saturated carbocycles. The number of rotatable bonds is 3. The van der Waals surface area contributed by atoms with Crippen LogP contribution in [-0.2, 0) is 9.84 Å². The van der Waals surface area contributed by atoms with Crippen molar-refractivity contribution in [2.45, 2.75) is 9.79 Å². The molecule has 0 fully saturated rings. The van der Waals surface area contributed by atoms with E-state index in [1.54, 1.807) is 66.7 Å². The van der Waals surface area contributed by atoms with Gasteiger partial charge in [-0.3, -0.25) is 0 Å². The van der Waals surface area contributed by atoms with Gasteiger partial charge in [-0.1, -0.05) is 36.4 Å². The fourth-order valence-electron chi connectivity index (χ4n) is 3.27. The maximum absolute atomic E-state index is 13.4. The molecule has 0 aliphatic carbocycles. The molecule has 1 aliphatic rings. The van der Waals surface area contributed by atoms with Crippen molar-refractivity contribution in [2.24, 2.45) is 4.99 Å². The minimum absolute atomic E-state index is 0.00212. The lowest BCUT2D eigenvalue weighted by atomic mass is 10.2. The topological polar surface area (TPSA) is 78.1 Å². The smallest absolute Gasteiger partial charge is 0.239 e. The van der Waals surface area contributed by atoms with Crippen LogP contribution in [0.2, 0.25) is 0 Å². The summed E-state index contributed by atoms with van der Waals surface area (Å²) in [6.45, 7) is 0.938. The average Bonchev–Trinajstić information content (AvgIpc) is 2.79. The summed E-state index contributed by atoms with van der Waals surface area (Å²) in [7, 11) is -3.84. The molecule has 0 amide bonds. The van der Waals surface area contributed by atoms with E-state index in [0.29, 0.717) is 41.4 Å². The highest BCUT2D eigenvalue weighted by Crippen LogP contribution is 2.33. The molecule has 30 heavy (non-hydrogen) atoms. The Morgan fingerprint density at radius 2 is 1.50 bits per heavy atom. The normalized spacial score (nSPS) is 14.1. The third kappa shape index (κ3) is 3.33. The second kappa shape index (κ2) is 7.35. The zero-order valence-electron chi connectivity index (χ0n) is 15.8. The van der Waals surface area contributed by atoms with Gasteiger partial charge in [-0.15, -0.1) is 0 Å². The van der Waals surface area contributed by atoms with Gasteiger partial charge in [-0.2, -0.15) is 0 Å². The number of nitrogens with zero attached hydrogens (tertiary/aromatic N) is 1. The van der Waals surface area contributed by atoms with E-state index in [1.165, 1.54) is 0 Å². The van der Waals surface area contributed by atoms with Crippen molar-refractivity contribution in [3.63, 3.8) is 0 Å². The predicted octanol–water partition coefficient (Wildman–Crippen LogP) is 4.27. The van der Waals surface area contributed by atoms with Crippen molar-refractivity contribution in [1.29, 1.82) is 0 Å². The van der Waals surface area contributed by atoms with Crippen LogP contribution in [0.5, 0.6) is 11.5 Å². The van der Waals surface area contributed by atoms with Crippen molar-refractivity contribution in [1.82, 2.24) is 0 Å². The largest absolute Gasteiger partial charge is 0.486 e. The van der Waals surface area contributed by atoms with Gasteiger partial charge in [-0.05, 0) is 36.4 Å². The Labute approximate surface area is 173 Å². The molecule has 0 bridgehead atoms. The van der Waals surface area contributed by atoms with E-state index in [4.69, 9.17) is 13.9 Å². The molecule has 0 unspecified atom stereocenters. The molecular formula is C23H17NO5S. The van der Waals surface area contributed by atoms with Gasteiger partial charge in [0.15, 0.2) is 11.5 Å². The minimum atomic E-state index is -3.84. The maximum atomic E-state index is 13.4. The maximum Gasteiger partial charge on any atom is 0.239 e. The first-order chi connectivity index (χ1) is 14.6. The summed E-state index contributed by atoms with van der Waals surface area (Å²) < 4.78 is 43.8. The number of sulfone groups is 1. The van der Waals surface area contributed by atoms with Crippen molar-refractivity contribution in [3.05, 3.63) is 84.4 Å². The lowest BCUT2D eigenvalue weighted by Gasteiger charge is -2.18. The molecule has 0 saturated heterocycles. The monoisotopic (exact) mass is 419 g/mol. The van der Waals surface area contributed by atoms with Crippen molar-refractivity contribution in [2.75, 3.05) is 13.2 Å². The van der Waals surface area contributed by atoms with Crippen molar-refractivity contribution < 1.29 is 22.3 Å². The molecule has 3 aromatic carbocycles. The Bertz CT molecular complexity index is 1410. The summed E-state index contributed by atoms with van der Waals surface area (Å²) in [5.74, 6) is 1.20. The molecule has 7 heteroatoms. The van der Waals surface area contributed by atoms with Gasteiger partial charge < -0.3 is 13.9 Å². The molecule has 0 spiro atoms. The average molecular weight is 419 g/mol. The van der Waals surface area contributed by atoms with Gasteiger partial charge in [0.05, 0.1) is 10.6 Å². The molecule has 6 nitrogen and oxygen atoms in total. The van der Waals surface area contributed by atoms with E-state index in [9.17, 15) is 8.42 Å². The highest BCUT2D eigenvalue weighted by Gasteiger charge is 2.22. The quantitative estimate of drug-likeness (QED) is 0.496. The highest BCUT2D eigenvalue weighted by molar-refractivity contribution is 7.91. The Morgan fingerprint density at radius 1 is 0.767 bits per heavy atom. The molecule has 1 aliphatic heterocycles. The van der Waals surface area contributed by atoms with Gasteiger partial charge in [0.25, 0.3) is 0 Å². The van der Waals surface area contributed by atoms with Gasteiger partial charge in [0.1, 0.15) is 23.7 Å². The number of ether oxygens (including phenoxy) is 2. The summed E-state index contributed by atoms with van der Waals surface area (Å²) in [5, 5.41) is 0.674. The van der Waals surface area contributed by atoms with Gasteiger partial charge in [0.2, 0.25) is 15.4 Å². The third-order valence-corrected chi connectivity index (χ3v) is 6.49. The first-order valence-corrected chi connectivity index (χ1v) is 10.9. The van der Waals surface area contributed by atoms with E-state index in [0.717, 1.165) is 0 Å². The van der Waals surface area contributed by atoms with Gasteiger partial charge >= 0.3 is 0 Å². The predicted molar refractivity (Wildman–Crippen MR) is 111 cm³/mol. The van der Waals surface area contributed by atoms with E-state index >= 15 is 0 Å². The standard InChI is InChI=1S/C23H17NO5S/c25-30(26,18-7-2-1-3-8-18)22-14-16-6-4-5-9-19(16)29-23(22)24-17-10-11-20-21(15-17)28-13-12-27-20/h1-11,14-15H,12-13H2. The van der Waals surface area contributed by atoms with Crippen LogP contribution in [0.4, 0.5) is 5.69 Å². The Balaban J connectivity index is 1.75. The van der Waals surface area contributed by atoms with Crippen molar-refractivity contribution in [3.8, 4) is 11.5 Å². The second-order valence-corrected chi connectivity index (χ2v) is 8.63. The molecule has 1 aromatic heterocycles. The van der Waals surface area contributed by atoms with Gasteiger partial charge in [-0.25, -0.2) is 13.4 Å². The molecule has 0 atom stereocenters. The first kappa shape index (κ1) is 18.4. The zero-order chi connectivity index (χ0) is 20.6. The number of para-hydroxylation sites is 1. The van der Waals surface area contributed by atoms with Crippen LogP contribution in [0.3, 0.4) is 0 Å². The lowest BCUT2D eigenvalue weighted by Crippen LogP contribution is -2.16. The molecule has 0 N–H and O–H groups in total. The molecule has 5 rings (SSSR count). The fourth-order valence-corrected chi connectivity index (χ4v) is 4.63. The summed E-state index contributed by atoms with van der Waals surface area (Å²) in [5.41, 5.74) is 1.05. The van der Waals surface area contributed by atoms with Crippen LogP contribution in [-0.4, -0.2) is 21.6 Å². The summed E-state index contributed by atoms with van der Waals surface area (Å²) in [4.78, 5) is 4.69. The fraction of sp³-hybridized carbons (Fsp3) is 0.0870. The summed E-state index contributed by atoms with van der Waals surface area (Å²) in [6.07, 6.45) is 0. The van der Waals surface area contributed by atoms with Crippen LogP contribution >= 0.6 is 0 Å². The molecule has 2 heterocycles. The van der Waals surface area contributed by atoms with E-state index in [1.807, 2.05) is 12.1 Å². The SMILES string of the molecule is O=S(=O)(c1ccccc1)c1cc2ccccc2oc1=Nc1ccc2c(c1)OCCO2. The van der Waals surface area contributed by atoms with Crippen LogP contribution in [0.15, 0.2) is 98.1 Å². The molecule has 4 aromatic rings. The van der Waals surface area contributed by atoms with Gasteiger partial charge in [0, 0.05) is 11.5 Å². The number of fused-ring (bicyclic) bond motifs is 2. The third-order valence-electron chi connectivity index (χ3n) is 4.72. The Morgan fingerprint density at radius 3 is 2.33 bits per heavy atom. The minimum Gasteiger partial charge on any atom is -0.486 e. The lowest BCUT2D eigenvalue weighted by molar-refractivity contribution is 0.171. The first-order valence-electron chi connectivity index (χ1n) is 9.39. The highest BCUT2D eigenvalue weighted by atomic mass is 32.2. The van der Waals surface area contributed by atoms with E-state index in [2.05, 4.69) is 4.99 Å².